The molecule has 174 valence electrons. The van der Waals surface area contributed by atoms with Gasteiger partial charge in [-0.05, 0) is 61.4 Å². The lowest BCUT2D eigenvalue weighted by molar-refractivity contribution is -0.117. The van der Waals surface area contributed by atoms with Crippen molar-refractivity contribution in [1.82, 2.24) is 0 Å². The molecule has 4 rings (SSSR count). The van der Waals surface area contributed by atoms with Crippen molar-refractivity contribution in [3.8, 4) is 0 Å². The normalized spacial score (nSPS) is 11.4. The Bertz CT molecular complexity index is 1380. The van der Waals surface area contributed by atoms with E-state index in [1.807, 2.05) is 55.5 Å². The van der Waals surface area contributed by atoms with E-state index in [0.717, 1.165) is 11.1 Å². The van der Waals surface area contributed by atoms with Gasteiger partial charge >= 0.3 is 0 Å². The van der Waals surface area contributed by atoms with Gasteiger partial charge in [-0.1, -0.05) is 66.7 Å². The smallest absolute Gasteiger partial charge is 0.255 e. The molecule has 0 spiro atoms. The molecule has 0 aliphatic rings. The first-order valence-corrected chi connectivity index (χ1v) is 11.4. The van der Waals surface area contributed by atoms with Crippen molar-refractivity contribution in [2.45, 2.75) is 19.8 Å². The van der Waals surface area contributed by atoms with E-state index in [2.05, 4.69) is 10.6 Å². The summed E-state index contributed by atoms with van der Waals surface area (Å²) in [6.07, 6.45) is 0. The summed E-state index contributed by atoms with van der Waals surface area (Å²) in [4.78, 5) is 38.5. The standard InChI is InChI=1S/C30H26N2O3/c1-20-9-6-15-26(17-20)32-30(35)25-14-8-16-27(19-25)31-29(34)21(2)23-12-7-13-24(18-23)28(33)22-10-4-3-5-11-22/h3-19,21H,1-2H3,(H,31,34)(H,32,35)/t21-/m1/s1. The largest absolute Gasteiger partial charge is 0.326 e. The molecule has 0 bridgehead atoms. The fourth-order valence-corrected chi connectivity index (χ4v) is 3.77. The van der Waals surface area contributed by atoms with Crippen LogP contribution >= 0.6 is 0 Å². The molecule has 35 heavy (non-hydrogen) atoms. The highest BCUT2D eigenvalue weighted by atomic mass is 16.2. The Balaban J connectivity index is 1.45. The van der Waals surface area contributed by atoms with Crippen molar-refractivity contribution in [2.24, 2.45) is 0 Å². The lowest BCUT2D eigenvalue weighted by atomic mass is 9.95. The molecule has 0 saturated heterocycles. The summed E-state index contributed by atoms with van der Waals surface area (Å²) in [7, 11) is 0. The van der Waals surface area contributed by atoms with Crippen LogP contribution in [0.1, 0.15) is 50.2 Å². The second-order valence-corrected chi connectivity index (χ2v) is 8.44. The van der Waals surface area contributed by atoms with Gasteiger partial charge in [0.1, 0.15) is 0 Å². The van der Waals surface area contributed by atoms with Crippen LogP contribution in [0.4, 0.5) is 11.4 Å². The fraction of sp³-hybridized carbons (Fsp3) is 0.100. The Morgan fingerprint density at radius 1 is 0.629 bits per heavy atom. The third-order valence-corrected chi connectivity index (χ3v) is 5.75. The lowest BCUT2D eigenvalue weighted by Crippen LogP contribution is -2.20. The summed E-state index contributed by atoms with van der Waals surface area (Å²) in [5, 5.41) is 5.76. The van der Waals surface area contributed by atoms with Crippen molar-refractivity contribution in [2.75, 3.05) is 10.6 Å². The number of hydrogen-bond donors (Lipinski definition) is 2. The molecule has 0 fully saturated rings. The number of aryl methyl sites for hydroxylation is 1. The summed E-state index contributed by atoms with van der Waals surface area (Å²) in [5.41, 5.74) is 4.58. The quantitative estimate of drug-likeness (QED) is 0.320. The Morgan fingerprint density at radius 3 is 2.00 bits per heavy atom. The van der Waals surface area contributed by atoms with E-state index in [9.17, 15) is 14.4 Å². The van der Waals surface area contributed by atoms with E-state index in [4.69, 9.17) is 0 Å². The Labute approximate surface area is 204 Å². The third-order valence-electron chi connectivity index (χ3n) is 5.75. The molecule has 0 aliphatic heterocycles. The molecule has 5 heteroatoms. The number of ketones is 1. The van der Waals surface area contributed by atoms with Crippen LogP contribution in [-0.2, 0) is 4.79 Å². The molecule has 5 nitrogen and oxygen atoms in total. The number of nitrogens with one attached hydrogen (secondary N) is 2. The van der Waals surface area contributed by atoms with Crippen molar-refractivity contribution in [1.29, 1.82) is 0 Å². The minimum Gasteiger partial charge on any atom is -0.326 e. The Hall–Kier alpha value is -4.51. The maximum Gasteiger partial charge on any atom is 0.255 e. The number of carbonyl (C=O) groups excluding carboxylic acids is 3. The van der Waals surface area contributed by atoms with Crippen molar-refractivity contribution < 1.29 is 14.4 Å². The first-order valence-electron chi connectivity index (χ1n) is 11.4. The molecule has 0 saturated carbocycles. The van der Waals surface area contributed by atoms with Crippen LogP contribution in [0, 0.1) is 6.92 Å². The topological polar surface area (TPSA) is 75.3 Å². The zero-order valence-corrected chi connectivity index (χ0v) is 19.6. The average Bonchev–Trinajstić information content (AvgIpc) is 2.88. The van der Waals surface area contributed by atoms with Gasteiger partial charge in [0.15, 0.2) is 5.78 Å². The molecular weight excluding hydrogens is 436 g/mol. The van der Waals surface area contributed by atoms with Gasteiger partial charge in [-0.25, -0.2) is 0 Å². The zero-order chi connectivity index (χ0) is 24.8. The monoisotopic (exact) mass is 462 g/mol. The van der Waals surface area contributed by atoms with E-state index in [1.165, 1.54) is 0 Å². The zero-order valence-electron chi connectivity index (χ0n) is 19.6. The van der Waals surface area contributed by atoms with E-state index in [0.29, 0.717) is 28.1 Å². The van der Waals surface area contributed by atoms with Gasteiger partial charge in [0.2, 0.25) is 5.91 Å². The van der Waals surface area contributed by atoms with E-state index < -0.39 is 5.92 Å². The molecule has 0 unspecified atom stereocenters. The molecule has 4 aromatic rings. The van der Waals surface area contributed by atoms with E-state index in [1.54, 1.807) is 61.5 Å². The predicted molar refractivity (Wildman–Crippen MR) is 139 cm³/mol. The summed E-state index contributed by atoms with van der Waals surface area (Å²) < 4.78 is 0. The first-order chi connectivity index (χ1) is 16.9. The molecule has 2 amide bonds. The molecule has 0 aromatic heterocycles. The van der Waals surface area contributed by atoms with E-state index >= 15 is 0 Å². The second-order valence-electron chi connectivity index (χ2n) is 8.44. The number of benzene rings is 4. The van der Waals surface area contributed by atoms with Crippen LogP contribution in [0.2, 0.25) is 0 Å². The summed E-state index contributed by atoms with van der Waals surface area (Å²) in [6.45, 7) is 3.75. The summed E-state index contributed by atoms with van der Waals surface area (Å²) in [5.74, 6) is -1.08. The number of anilines is 2. The lowest BCUT2D eigenvalue weighted by Gasteiger charge is -2.14. The number of amides is 2. The molecule has 0 aliphatic carbocycles. The number of rotatable bonds is 7. The Kier molecular flexibility index (Phi) is 7.17. The highest BCUT2D eigenvalue weighted by Crippen LogP contribution is 2.22. The number of hydrogen-bond acceptors (Lipinski definition) is 3. The maximum atomic E-state index is 13.0. The predicted octanol–water partition coefficient (Wildman–Crippen LogP) is 6.22. The van der Waals surface area contributed by atoms with Crippen LogP contribution in [0.15, 0.2) is 103 Å². The van der Waals surface area contributed by atoms with Crippen LogP contribution in [0.3, 0.4) is 0 Å². The van der Waals surface area contributed by atoms with Crippen molar-refractivity contribution in [3.05, 3.63) is 131 Å². The van der Waals surface area contributed by atoms with Gasteiger partial charge in [-0.15, -0.1) is 0 Å². The van der Waals surface area contributed by atoms with Gasteiger partial charge in [0.25, 0.3) is 5.91 Å². The molecule has 0 heterocycles. The highest BCUT2D eigenvalue weighted by Gasteiger charge is 2.18. The van der Waals surface area contributed by atoms with Crippen LogP contribution in [0.5, 0.6) is 0 Å². The van der Waals surface area contributed by atoms with Gasteiger partial charge in [-0.3, -0.25) is 14.4 Å². The SMILES string of the molecule is Cc1cccc(NC(=O)c2cccc(NC(=O)[C@H](C)c3cccc(C(=O)c4ccccc4)c3)c2)c1. The van der Waals surface area contributed by atoms with Gasteiger partial charge in [-0.2, -0.15) is 0 Å². The Morgan fingerprint density at radius 2 is 1.26 bits per heavy atom. The van der Waals surface area contributed by atoms with Crippen molar-refractivity contribution in [3.63, 3.8) is 0 Å². The molecule has 2 N–H and O–H groups in total. The average molecular weight is 463 g/mol. The highest BCUT2D eigenvalue weighted by molar-refractivity contribution is 6.09. The second kappa shape index (κ2) is 10.6. The van der Waals surface area contributed by atoms with Crippen LogP contribution in [-0.4, -0.2) is 17.6 Å². The summed E-state index contributed by atoms with van der Waals surface area (Å²) >= 11 is 0. The summed E-state index contributed by atoms with van der Waals surface area (Å²) in [6, 6.07) is 30.5. The van der Waals surface area contributed by atoms with Gasteiger partial charge in [0.05, 0.1) is 5.92 Å². The fourth-order valence-electron chi connectivity index (χ4n) is 3.77. The first kappa shape index (κ1) is 23.6. The number of carbonyl (C=O) groups is 3. The van der Waals surface area contributed by atoms with Crippen molar-refractivity contribution >= 4 is 29.0 Å². The molecule has 0 radical (unpaired) electrons. The van der Waals surface area contributed by atoms with Gasteiger partial charge in [0, 0.05) is 28.1 Å². The molecule has 1 atom stereocenters. The molecular formula is C30H26N2O3. The van der Waals surface area contributed by atoms with E-state index in [-0.39, 0.29) is 17.6 Å². The van der Waals surface area contributed by atoms with Crippen LogP contribution < -0.4 is 10.6 Å². The van der Waals surface area contributed by atoms with Gasteiger partial charge < -0.3 is 10.6 Å². The molecule has 4 aromatic carbocycles. The maximum absolute atomic E-state index is 13.0. The van der Waals surface area contributed by atoms with Crippen LogP contribution in [0.25, 0.3) is 0 Å². The minimum atomic E-state index is -0.497. The third kappa shape index (κ3) is 5.89. The minimum absolute atomic E-state index is 0.0904.